The highest BCUT2D eigenvalue weighted by Gasteiger charge is 2.51. The van der Waals surface area contributed by atoms with Gasteiger partial charge in [-0.2, -0.15) is 0 Å². The van der Waals surface area contributed by atoms with Crippen LogP contribution >= 0.6 is 0 Å². The van der Waals surface area contributed by atoms with Crippen LogP contribution < -0.4 is 0 Å². The molecular formula is C21H32. The molecule has 1 aromatic rings. The molecule has 2 bridgehead atoms. The van der Waals surface area contributed by atoms with Crippen LogP contribution in [0.1, 0.15) is 71.8 Å². The van der Waals surface area contributed by atoms with Gasteiger partial charge in [-0.25, -0.2) is 0 Å². The van der Waals surface area contributed by atoms with Crippen molar-refractivity contribution in [2.24, 2.45) is 23.2 Å². The molecule has 4 atom stereocenters. The van der Waals surface area contributed by atoms with Crippen LogP contribution in [-0.4, -0.2) is 0 Å². The molecule has 3 rings (SSSR count). The van der Waals surface area contributed by atoms with Gasteiger partial charge in [-0.3, -0.25) is 0 Å². The molecule has 0 heteroatoms. The number of hydrogen-bond acceptors (Lipinski definition) is 0. The molecule has 0 amide bonds. The van der Waals surface area contributed by atoms with Gasteiger partial charge in [-0.05, 0) is 59.8 Å². The number of hydrogen-bond donors (Lipinski definition) is 0. The molecule has 0 aromatic heterocycles. The van der Waals surface area contributed by atoms with E-state index < -0.39 is 0 Å². The topological polar surface area (TPSA) is 0 Å². The van der Waals surface area contributed by atoms with E-state index in [-0.39, 0.29) is 0 Å². The minimum absolute atomic E-state index is 0.456. The van der Waals surface area contributed by atoms with Crippen molar-refractivity contribution in [3.8, 4) is 0 Å². The number of benzene rings is 1. The maximum absolute atomic E-state index is 2.53. The zero-order chi connectivity index (χ0) is 15.1. The second-order valence-corrected chi connectivity index (χ2v) is 8.79. The van der Waals surface area contributed by atoms with Crippen molar-refractivity contribution in [3.05, 3.63) is 35.9 Å². The van der Waals surface area contributed by atoms with Gasteiger partial charge in [0.05, 0.1) is 0 Å². The van der Waals surface area contributed by atoms with E-state index in [2.05, 4.69) is 58.0 Å². The molecule has 0 N–H and O–H groups in total. The molecule has 2 fully saturated rings. The summed E-state index contributed by atoms with van der Waals surface area (Å²) in [6.07, 6.45) is 8.45. The first-order valence-electron chi connectivity index (χ1n) is 9.01. The summed E-state index contributed by atoms with van der Waals surface area (Å²) in [6, 6.07) is 11.4. The standard InChI is InChI=1S/C21H32/c1-5-9-19-16(2)12-21(18-10-7-6-8-11-18)14-17(19)13-20(3,4)15-21/h6-8,10-11,16-17,19H,5,9,12-15H2,1-4H3. The predicted octanol–water partition coefficient (Wildman–Crippen LogP) is 6.21. The third-order valence-corrected chi connectivity index (χ3v) is 6.34. The second-order valence-electron chi connectivity index (χ2n) is 8.79. The van der Waals surface area contributed by atoms with E-state index in [1.807, 2.05) is 0 Å². The van der Waals surface area contributed by atoms with Crippen molar-refractivity contribution in [2.45, 2.75) is 71.6 Å². The van der Waals surface area contributed by atoms with Gasteiger partial charge in [0, 0.05) is 0 Å². The molecule has 21 heavy (non-hydrogen) atoms. The highest BCUT2D eigenvalue weighted by molar-refractivity contribution is 5.28. The molecular weight excluding hydrogens is 252 g/mol. The van der Waals surface area contributed by atoms with Crippen molar-refractivity contribution in [3.63, 3.8) is 0 Å². The molecule has 0 spiro atoms. The largest absolute Gasteiger partial charge is 0.0654 e. The lowest BCUT2D eigenvalue weighted by Crippen LogP contribution is -2.49. The van der Waals surface area contributed by atoms with Crippen LogP contribution in [0.15, 0.2) is 30.3 Å². The van der Waals surface area contributed by atoms with E-state index in [0.717, 1.165) is 17.8 Å². The van der Waals surface area contributed by atoms with Crippen molar-refractivity contribution in [2.75, 3.05) is 0 Å². The van der Waals surface area contributed by atoms with E-state index >= 15 is 0 Å². The van der Waals surface area contributed by atoms with E-state index in [1.165, 1.54) is 38.5 Å². The fourth-order valence-electron chi connectivity index (χ4n) is 6.02. The van der Waals surface area contributed by atoms with Gasteiger partial charge < -0.3 is 0 Å². The summed E-state index contributed by atoms with van der Waals surface area (Å²) in [7, 11) is 0. The van der Waals surface area contributed by atoms with Crippen LogP contribution in [0.3, 0.4) is 0 Å². The van der Waals surface area contributed by atoms with Gasteiger partial charge in [0.25, 0.3) is 0 Å². The highest BCUT2D eigenvalue weighted by Crippen LogP contribution is 2.60. The van der Waals surface area contributed by atoms with Crippen molar-refractivity contribution in [1.82, 2.24) is 0 Å². The van der Waals surface area contributed by atoms with Crippen LogP contribution in [0.4, 0.5) is 0 Å². The van der Waals surface area contributed by atoms with E-state index in [9.17, 15) is 0 Å². The maximum atomic E-state index is 2.53. The highest BCUT2D eigenvalue weighted by atomic mass is 14.6. The Kier molecular flexibility index (Phi) is 3.93. The van der Waals surface area contributed by atoms with Gasteiger partial charge >= 0.3 is 0 Å². The van der Waals surface area contributed by atoms with Gasteiger partial charge in [0.15, 0.2) is 0 Å². The minimum atomic E-state index is 0.456. The van der Waals surface area contributed by atoms with E-state index in [0.29, 0.717) is 10.8 Å². The number of rotatable bonds is 3. The molecule has 0 aliphatic heterocycles. The minimum Gasteiger partial charge on any atom is -0.0654 e. The third-order valence-electron chi connectivity index (χ3n) is 6.34. The molecule has 116 valence electrons. The molecule has 2 saturated carbocycles. The molecule has 2 aliphatic carbocycles. The van der Waals surface area contributed by atoms with Gasteiger partial charge in [-0.1, -0.05) is 70.9 Å². The van der Waals surface area contributed by atoms with E-state index in [4.69, 9.17) is 0 Å². The molecule has 2 aliphatic rings. The summed E-state index contributed by atoms with van der Waals surface area (Å²) in [5, 5.41) is 0. The Bertz CT molecular complexity index is 468. The fourth-order valence-corrected chi connectivity index (χ4v) is 6.02. The summed E-state index contributed by atoms with van der Waals surface area (Å²) < 4.78 is 0. The summed E-state index contributed by atoms with van der Waals surface area (Å²) in [5.74, 6) is 2.80. The van der Waals surface area contributed by atoms with Crippen LogP contribution in [0.2, 0.25) is 0 Å². The SMILES string of the molecule is CCCC1C(C)CC2(c3ccccc3)CC1CC(C)(C)C2. The van der Waals surface area contributed by atoms with Crippen molar-refractivity contribution >= 4 is 0 Å². The summed E-state index contributed by atoms with van der Waals surface area (Å²) in [4.78, 5) is 0. The quantitative estimate of drug-likeness (QED) is 0.619. The zero-order valence-corrected chi connectivity index (χ0v) is 14.4. The summed E-state index contributed by atoms with van der Waals surface area (Å²) in [5.41, 5.74) is 2.58. The molecule has 1 aromatic carbocycles. The van der Waals surface area contributed by atoms with Gasteiger partial charge in [0.1, 0.15) is 0 Å². The fraction of sp³-hybridized carbons (Fsp3) is 0.714. The lowest BCUT2D eigenvalue weighted by atomic mass is 9.48. The molecule has 0 heterocycles. The van der Waals surface area contributed by atoms with Crippen LogP contribution in [0.25, 0.3) is 0 Å². The lowest BCUT2D eigenvalue weighted by molar-refractivity contribution is -0.0172. The molecule has 0 saturated heterocycles. The van der Waals surface area contributed by atoms with E-state index in [1.54, 1.807) is 5.56 Å². The Balaban J connectivity index is 1.97. The number of fused-ring (bicyclic) bond motifs is 2. The summed E-state index contributed by atoms with van der Waals surface area (Å²) in [6.45, 7) is 9.91. The first kappa shape index (κ1) is 15.1. The Hall–Kier alpha value is -0.780. The average molecular weight is 284 g/mol. The Labute approximate surface area is 131 Å². The van der Waals surface area contributed by atoms with Crippen LogP contribution in [0.5, 0.6) is 0 Å². The van der Waals surface area contributed by atoms with Crippen LogP contribution in [0, 0.1) is 23.2 Å². The maximum Gasteiger partial charge on any atom is -0.00365 e. The first-order valence-corrected chi connectivity index (χ1v) is 9.01. The second kappa shape index (κ2) is 5.45. The van der Waals surface area contributed by atoms with Crippen molar-refractivity contribution < 1.29 is 0 Å². The Morgan fingerprint density at radius 3 is 2.43 bits per heavy atom. The zero-order valence-electron chi connectivity index (χ0n) is 14.4. The normalized spacial score (nSPS) is 38.2. The summed E-state index contributed by atoms with van der Waals surface area (Å²) >= 11 is 0. The monoisotopic (exact) mass is 284 g/mol. The third kappa shape index (κ3) is 2.79. The van der Waals surface area contributed by atoms with Crippen molar-refractivity contribution in [1.29, 1.82) is 0 Å². The first-order chi connectivity index (χ1) is 9.96. The predicted molar refractivity (Wildman–Crippen MR) is 91.4 cm³/mol. The lowest BCUT2D eigenvalue weighted by Gasteiger charge is -2.57. The Morgan fingerprint density at radius 1 is 1.05 bits per heavy atom. The van der Waals surface area contributed by atoms with Crippen LogP contribution in [-0.2, 0) is 5.41 Å². The van der Waals surface area contributed by atoms with Gasteiger partial charge in [0.2, 0.25) is 0 Å². The Morgan fingerprint density at radius 2 is 1.76 bits per heavy atom. The molecule has 4 unspecified atom stereocenters. The van der Waals surface area contributed by atoms with Gasteiger partial charge in [-0.15, -0.1) is 0 Å². The average Bonchev–Trinajstić information content (AvgIpc) is 2.42. The molecule has 0 nitrogen and oxygen atoms in total. The smallest absolute Gasteiger partial charge is 0.00365 e. The molecule has 0 radical (unpaired) electrons.